The summed E-state index contributed by atoms with van der Waals surface area (Å²) in [6.07, 6.45) is -4.10. The third-order valence-corrected chi connectivity index (χ3v) is 6.47. The highest BCUT2D eigenvalue weighted by Gasteiger charge is 2.57. The Morgan fingerprint density at radius 2 is 1.14 bits per heavy atom. The molecule has 5 atom stereocenters. The second-order valence-corrected chi connectivity index (χ2v) is 8.89. The SMILES string of the molecule is CC(=O)O[C@H]1[C@@H]2OC[C@@H](O2)[C@@H](OC(C)=O)[C@@H]1OC(c1ccccc1)(c1ccccc1)c1ccccc1. The van der Waals surface area contributed by atoms with Gasteiger partial charge in [-0.15, -0.1) is 0 Å². The van der Waals surface area contributed by atoms with Gasteiger partial charge in [0.05, 0.1) is 6.61 Å². The van der Waals surface area contributed by atoms with E-state index in [-0.39, 0.29) is 6.61 Å². The van der Waals surface area contributed by atoms with Gasteiger partial charge in [-0.2, -0.15) is 0 Å². The van der Waals surface area contributed by atoms with Crippen LogP contribution in [0.25, 0.3) is 0 Å². The molecule has 0 unspecified atom stereocenters. The number of hydrogen-bond acceptors (Lipinski definition) is 7. The Hall–Kier alpha value is -3.52. The highest BCUT2D eigenvalue weighted by Crippen LogP contribution is 2.45. The number of carbonyl (C=O) groups is 2. The topological polar surface area (TPSA) is 80.3 Å². The highest BCUT2D eigenvalue weighted by atomic mass is 16.8. The molecule has 0 aliphatic carbocycles. The van der Waals surface area contributed by atoms with Crippen LogP contribution in [0.1, 0.15) is 30.5 Å². The number of ether oxygens (including phenoxy) is 5. The van der Waals surface area contributed by atoms with Crippen LogP contribution in [0.2, 0.25) is 0 Å². The molecule has 7 nitrogen and oxygen atoms in total. The van der Waals surface area contributed by atoms with Crippen molar-refractivity contribution in [3.8, 4) is 0 Å². The first-order chi connectivity index (χ1) is 17.5. The van der Waals surface area contributed by atoms with Gasteiger partial charge in [-0.1, -0.05) is 91.0 Å². The maximum atomic E-state index is 12.2. The zero-order valence-electron chi connectivity index (χ0n) is 20.1. The summed E-state index contributed by atoms with van der Waals surface area (Å²) in [5.74, 6) is -1.01. The average Bonchev–Trinajstić information content (AvgIpc) is 3.34. The van der Waals surface area contributed by atoms with E-state index in [1.54, 1.807) is 0 Å². The van der Waals surface area contributed by atoms with E-state index in [1.165, 1.54) is 13.8 Å². The molecule has 3 aromatic carbocycles. The summed E-state index contributed by atoms with van der Waals surface area (Å²) in [4.78, 5) is 24.3. The Labute approximate surface area is 209 Å². The van der Waals surface area contributed by atoms with Gasteiger partial charge in [-0.05, 0) is 16.7 Å². The van der Waals surface area contributed by atoms with Crippen molar-refractivity contribution in [3.63, 3.8) is 0 Å². The number of hydrogen-bond donors (Lipinski definition) is 0. The predicted octanol–water partition coefficient (Wildman–Crippen LogP) is 3.98. The van der Waals surface area contributed by atoms with Gasteiger partial charge in [0.15, 0.2) is 18.5 Å². The van der Waals surface area contributed by atoms with Crippen LogP contribution in [0, 0.1) is 0 Å². The number of carbonyl (C=O) groups excluding carboxylic acids is 2. The lowest BCUT2D eigenvalue weighted by atomic mass is 9.79. The molecular formula is C29H28O7. The zero-order chi connectivity index (χ0) is 25.1. The van der Waals surface area contributed by atoms with Crippen LogP contribution >= 0.6 is 0 Å². The van der Waals surface area contributed by atoms with E-state index in [1.807, 2.05) is 91.0 Å². The minimum absolute atomic E-state index is 0.190. The van der Waals surface area contributed by atoms with Crippen LogP contribution in [-0.2, 0) is 38.9 Å². The second-order valence-electron chi connectivity index (χ2n) is 8.89. The molecule has 5 rings (SSSR count). The summed E-state index contributed by atoms with van der Waals surface area (Å²) in [5.41, 5.74) is 1.48. The molecule has 3 aromatic rings. The average molecular weight is 489 g/mol. The van der Waals surface area contributed by atoms with Crippen molar-refractivity contribution in [2.24, 2.45) is 0 Å². The van der Waals surface area contributed by atoms with Gasteiger partial charge in [-0.25, -0.2) is 0 Å². The van der Waals surface area contributed by atoms with Gasteiger partial charge < -0.3 is 23.7 Å². The summed E-state index contributed by atoms with van der Waals surface area (Å²) < 4.78 is 30.3. The van der Waals surface area contributed by atoms with E-state index in [2.05, 4.69) is 0 Å². The molecule has 0 spiro atoms. The fourth-order valence-corrected chi connectivity index (χ4v) is 5.05. The monoisotopic (exact) mass is 488 g/mol. The lowest BCUT2D eigenvalue weighted by Crippen LogP contribution is -2.60. The number of fused-ring (bicyclic) bond motifs is 2. The minimum atomic E-state index is -1.12. The first-order valence-corrected chi connectivity index (χ1v) is 11.9. The van der Waals surface area contributed by atoms with E-state index >= 15 is 0 Å². The molecule has 0 aromatic heterocycles. The molecule has 2 saturated heterocycles. The fourth-order valence-electron chi connectivity index (χ4n) is 5.05. The van der Waals surface area contributed by atoms with Gasteiger partial charge in [0, 0.05) is 13.8 Å². The van der Waals surface area contributed by atoms with Crippen molar-refractivity contribution >= 4 is 11.9 Å². The lowest BCUT2D eigenvalue weighted by molar-refractivity contribution is -0.267. The lowest BCUT2D eigenvalue weighted by Gasteiger charge is -2.45. The van der Waals surface area contributed by atoms with Crippen molar-refractivity contribution in [1.29, 1.82) is 0 Å². The molecule has 0 saturated carbocycles. The molecule has 0 amide bonds. The molecule has 186 valence electrons. The Bertz CT molecular complexity index is 1060. The van der Waals surface area contributed by atoms with Gasteiger partial charge in [0.2, 0.25) is 0 Å². The van der Waals surface area contributed by atoms with Crippen LogP contribution in [0.5, 0.6) is 0 Å². The maximum Gasteiger partial charge on any atom is 0.303 e. The molecule has 2 aliphatic rings. The standard InChI is InChI=1S/C29H28O7/c1-19(30)33-25-24-18-32-28(35-24)27(34-20(2)31)26(25)36-29(21-12-6-3-7-13-21,22-14-8-4-9-15-22)23-16-10-5-11-17-23/h3-17,24-28H,18H2,1-2H3/t24-,25-,26+,27-,28-/m1/s1. The molecule has 36 heavy (non-hydrogen) atoms. The summed E-state index contributed by atoms with van der Waals surface area (Å²) in [7, 11) is 0. The predicted molar refractivity (Wildman–Crippen MR) is 130 cm³/mol. The van der Waals surface area contributed by atoms with E-state index < -0.39 is 48.2 Å². The highest BCUT2D eigenvalue weighted by molar-refractivity contribution is 5.67. The first-order valence-electron chi connectivity index (χ1n) is 11.9. The first kappa shape index (κ1) is 24.2. The van der Waals surface area contributed by atoms with Crippen LogP contribution in [0.15, 0.2) is 91.0 Å². The molecule has 2 bridgehead atoms. The smallest absolute Gasteiger partial charge is 0.303 e. The molecular weight excluding hydrogens is 460 g/mol. The van der Waals surface area contributed by atoms with Gasteiger partial charge in [0.25, 0.3) is 0 Å². The number of benzene rings is 3. The second kappa shape index (κ2) is 10.2. The molecule has 2 fully saturated rings. The Balaban J connectivity index is 1.72. The fraction of sp³-hybridized carbons (Fsp3) is 0.310. The van der Waals surface area contributed by atoms with Gasteiger partial charge in [0.1, 0.15) is 17.8 Å². The maximum absolute atomic E-state index is 12.2. The molecule has 0 N–H and O–H groups in total. The van der Waals surface area contributed by atoms with Crippen molar-refractivity contribution in [1.82, 2.24) is 0 Å². The minimum Gasteiger partial charge on any atom is -0.457 e. The quantitative estimate of drug-likeness (QED) is 0.368. The van der Waals surface area contributed by atoms with E-state index in [0.717, 1.165) is 16.7 Å². The van der Waals surface area contributed by atoms with E-state index in [9.17, 15) is 9.59 Å². The van der Waals surface area contributed by atoms with Crippen LogP contribution < -0.4 is 0 Å². The van der Waals surface area contributed by atoms with Gasteiger partial charge in [-0.3, -0.25) is 9.59 Å². The summed E-state index contributed by atoms with van der Waals surface area (Å²) in [6.45, 7) is 2.84. The normalized spacial score (nSPS) is 25.2. The molecule has 2 aliphatic heterocycles. The van der Waals surface area contributed by atoms with E-state index in [4.69, 9.17) is 23.7 Å². The molecule has 7 heteroatoms. The summed E-state index contributed by atoms with van der Waals surface area (Å²) >= 11 is 0. The van der Waals surface area contributed by atoms with Crippen molar-refractivity contribution in [2.75, 3.05) is 6.61 Å². The van der Waals surface area contributed by atoms with Crippen molar-refractivity contribution in [2.45, 2.75) is 50.2 Å². The third-order valence-electron chi connectivity index (χ3n) is 6.47. The van der Waals surface area contributed by atoms with Crippen molar-refractivity contribution in [3.05, 3.63) is 108 Å². The Morgan fingerprint density at radius 3 is 1.58 bits per heavy atom. The van der Waals surface area contributed by atoms with E-state index in [0.29, 0.717) is 0 Å². The van der Waals surface area contributed by atoms with Crippen LogP contribution in [0.4, 0.5) is 0 Å². The number of rotatable bonds is 7. The summed E-state index contributed by atoms with van der Waals surface area (Å²) in [5, 5.41) is 0. The molecule has 2 heterocycles. The molecule has 0 radical (unpaired) electrons. The largest absolute Gasteiger partial charge is 0.457 e. The number of esters is 2. The Morgan fingerprint density at radius 1 is 0.694 bits per heavy atom. The Kier molecular flexibility index (Phi) is 6.87. The van der Waals surface area contributed by atoms with Gasteiger partial charge >= 0.3 is 11.9 Å². The van der Waals surface area contributed by atoms with Crippen LogP contribution in [-0.4, -0.2) is 49.3 Å². The third kappa shape index (κ3) is 4.53. The summed E-state index contributed by atoms with van der Waals surface area (Å²) in [6, 6.07) is 29.5. The van der Waals surface area contributed by atoms with Crippen molar-refractivity contribution < 1.29 is 33.3 Å². The van der Waals surface area contributed by atoms with Crippen LogP contribution in [0.3, 0.4) is 0 Å². The zero-order valence-corrected chi connectivity index (χ0v) is 20.1.